The number of pyridine rings is 1. The van der Waals surface area contributed by atoms with Crippen molar-refractivity contribution in [2.24, 2.45) is 5.73 Å². The van der Waals surface area contributed by atoms with Crippen LogP contribution in [0.1, 0.15) is 28.8 Å². The van der Waals surface area contributed by atoms with Gasteiger partial charge in [-0.2, -0.15) is 0 Å². The van der Waals surface area contributed by atoms with Crippen LogP contribution in [-0.2, 0) is 9.84 Å². The van der Waals surface area contributed by atoms with Gasteiger partial charge in [-0.3, -0.25) is 9.78 Å². The fourth-order valence-electron chi connectivity index (χ4n) is 2.24. The van der Waals surface area contributed by atoms with Gasteiger partial charge < -0.3 is 11.1 Å². The van der Waals surface area contributed by atoms with Crippen molar-refractivity contribution >= 4 is 15.7 Å². The van der Waals surface area contributed by atoms with Gasteiger partial charge in [-0.15, -0.1) is 0 Å². The van der Waals surface area contributed by atoms with E-state index in [-0.39, 0.29) is 30.0 Å². The Kier molecular flexibility index (Phi) is 4.94. The van der Waals surface area contributed by atoms with E-state index < -0.39 is 9.84 Å². The minimum atomic E-state index is -3.06. The van der Waals surface area contributed by atoms with E-state index in [4.69, 9.17) is 5.73 Å². The number of nitrogens with zero attached hydrogens (tertiary/aromatic N) is 1. The lowest BCUT2D eigenvalue weighted by Gasteiger charge is -2.23. The molecule has 1 amide bonds. The second kappa shape index (κ2) is 6.70. The maximum Gasteiger partial charge on any atom is 0.252 e. The molecular formula is C14H17N3O3S. The summed E-state index contributed by atoms with van der Waals surface area (Å²) in [6.45, 7) is 0.191. The van der Waals surface area contributed by atoms with E-state index >= 15 is 0 Å². The maximum atomic E-state index is 12.3. The van der Waals surface area contributed by atoms with Gasteiger partial charge in [-0.25, -0.2) is 8.42 Å². The molecule has 3 N–H and O–H groups in total. The molecule has 6 nitrogen and oxygen atoms in total. The monoisotopic (exact) mass is 307 g/mol. The molecule has 1 fully saturated rings. The molecule has 0 aromatic carbocycles. The summed E-state index contributed by atoms with van der Waals surface area (Å²) >= 11 is 0. The Morgan fingerprint density at radius 2 is 2.33 bits per heavy atom. The molecule has 1 atom stereocenters. The predicted octanol–water partition coefficient (Wildman–Crippen LogP) is -0.301. The second-order valence-corrected chi connectivity index (χ2v) is 7.08. The molecule has 0 bridgehead atoms. The van der Waals surface area contributed by atoms with Crippen LogP contribution in [0.3, 0.4) is 0 Å². The lowest BCUT2D eigenvalue weighted by atomic mass is 10.1. The molecule has 21 heavy (non-hydrogen) atoms. The number of rotatable bonds is 2. The Labute approximate surface area is 124 Å². The Balaban J connectivity index is 2.14. The normalized spacial score (nSPS) is 20.1. The molecule has 1 unspecified atom stereocenters. The summed E-state index contributed by atoms with van der Waals surface area (Å²) in [4.78, 5) is 16.2. The molecule has 1 aromatic heterocycles. The van der Waals surface area contributed by atoms with E-state index in [0.29, 0.717) is 24.0 Å². The van der Waals surface area contributed by atoms with Crippen molar-refractivity contribution in [1.82, 2.24) is 10.3 Å². The topological polar surface area (TPSA) is 102 Å². The molecule has 2 rings (SSSR count). The van der Waals surface area contributed by atoms with Gasteiger partial charge >= 0.3 is 0 Å². The van der Waals surface area contributed by atoms with E-state index in [9.17, 15) is 13.2 Å². The van der Waals surface area contributed by atoms with Crippen LogP contribution in [0.2, 0.25) is 0 Å². The average Bonchev–Trinajstić information content (AvgIpc) is 2.44. The minimum absolute atomic E-state index is 0.00631. The Hall–Kier alpha value is -1.91. The van der Waals surface area contributed by atoms with Crippen LogP contribution in [0.5, 0.6) is 0 Å². The fourth-order valence-corrected chi connectivity index (χ4v) is 3.87. The zero-order valence-electron chi connectivity index (χ0n) is 11.5. The van der Waals surface area contributed by atoms with E-state index in [1.807, 2.05) is 0 Å². The van der Waals surface area contributed by atoms with Crippen LogP contribution in [0, 0.1) is 11.8 Å². The number of nitrogens with one attached hydrogen (secondary N) is 1. The van der Waals surface area contributed by atoms with Crippen molar-refractivity contribution in [3.63, 3.8) is 0 Å². The standard InChI is InChI=1S/C14H17N3O3S/c15-6-1-3-11-9-16-7-5-13(11)14(18)17-12-4-2-8-21(19,20)10-12/h5,7,9,12H,2,4,6,8,10,15H2,(H,17,18). The number of aromatic nitrogens is 1. The number of hydrogen-bond acceptors (Lipinski definition) is 5. The zero-order chi connectivity index (χ0) is 15.3. The van der Waals surface area contributed by atoms with Gasteiger partial charge in [-0.1, -0.05) is 11.8 Å². The third-order valence-corrected chi connectivity index (χ3v) is 5.01. The van der Waals surface area contributed by atoms with E-state index in [0.717, 1.165) is 0 Å². The first kappa shape index (κ1) is 15.5. The van der Waals surface area contributed by atoms with Gasteiger partial charge in [0.15, 0.2) is 9.84 Å². The van der Waals surface area contributed by atoms with Crippen molar-refractivity contribution in [2.45, 2.75) is 18.9 Å². The van der Waals surface area contributed by atoms with Gasteiger partial charge in [0, 0.05) is 18.4 Å². The van der Waals surface area contributed by atoms with Crippen LogP contribution in [0.4, 0.5) is 0 Å². The highest BCUT2D eigenvalue weighted by Gasteiger charge is 2.26. The van der Waals surface area contributed by atoms with Crippen molar-refractivity contribution in [1.29, 1.82) is 0 Å². The van der Waals surface area contributed by atoms with E-state index in [2.05, 4.69) is 22.1 Å². The lowest BCUT2D eigenvalue weighted by Crippen LogP contribution is -2.43. The van der Waals surface area contributed by atoms with Gasteiger partial charge in [-0.05, 0) is 18.9 Å². The summed E-state index contributed by atoms with van der Waals surface area (Å²) in [5, 5.41) is 2.76. The molecular weight excluding hydrogens is 290 g/mol. The van der Waals surface area contributed by atoms with Gasteiger partial charge in [0.1, 0.15) is 0 Å². The van der Waals surface area contributed by atoms with Crippen LogP contribution in [-0.4, -0.2) is 43.4 Å². The second-order valence-electron chi connectivity index (χ2n) is 4.85. The Morgan fingerprint density at radius 1 is 1.52 bits per heavy atom. The number of amides is 1. The Bertz CT molecular complexity index is 689. The molecule has 1 aromatic rings. The number of carbonyl (C=O) groups is 1. The third-order valence-electron chi connectivity index (χ3n) is 3.19. The van der Waals surface area contributed by atoms with Crippen LogP contribution in [0.15, 0.2) is 18.5 Å². The molecule has 112 valence electrons. The van der Waals surface area contributed by atoms with Crippen LogP contribution >= 0.6 is 0 Å². The average molecular weight is 307 g/mol. The first-order valence-corrected chi connectivity index (χ1v) is 8.48. The first-order valence-electron chi connectivity index (χ1n) is 6.66. The molecule has 1 aliphatic rings. The lowest BCUT2D eigenvalue weighted by molar-refractivity contribution is 0.0938. The predicted molar refractivity (Wildman–Crippen MR) is 79.3 cm³/mol. The first-order chi connectivity index (χ1) is 10.0. The van der Waals surface area contributed by atoms with Crippen molar-refractivity contribution in [2.75, 3.05) is 18.1 Å². The van der Waals surface area contributed by atoms with Gasteiger partial charge in [0.2, 0.25) is 0 Å². The summed E-state index contributed by atoms with van der Waals surface area (Å²) in [6, 6.07) is 1.22. The molecule has 0 saturated carbocycles. The van der Waals surface area contributed by atoms with Crippen LogP contribution < -0.4 is 11.1 Å². The Morgan fingerprint density at radius 3 is 3.05 bits per heavy atom. The smallest absolute Gasteiger partial charge is 0.252 e. The minimum Gasteiger partial charge on any atom is -0.348 e. The summed E-state index contributed by atoms with van der Waals surface area (Å²) in [5.41, 5.74) is 6.19. The molecule has 1 saturated heterocycles. The molecule has 0 aliphatic carbocycles. The third kappa shape index (κ3) is 4.28. The summed E-state index contributed by atoms with van der Waals surface area (Å²) in [7, 11) is -3.06. The van der Waals surface area contributed by atoms with Crippen molar-refractivity contribution < 1.29 is 13.2 Å². The highest BCUT2D eigenvalue weighted by atomic mass is 32.2. The van der Waals surface area contributed by atoms with E-state index in [1.165, 1.54) is 12.4 Å². The highest BCUT2D eigenvalue weighted by Crippen LogP contribution is 2.13. The van der Waals surface area contributed by atoms with Gasteiger partial charge in [0.25, 0.3) is 5.91 Å². The molecule has 1 aliphatic heterocycles. The summed E-state index contributed by atoms with van der Waals surface area (Å²) in [5.74, 6) is 5.33. The SMILES string of the molecule is NCC#Cc1cnccc1C(=O)NC1CCCS(=O)(=O)C1. The van der Waals surface area contributed by atoms with Crippen LogP contribution in [0.25, 0.3) is 0 Å². The number of sulfone groups is 1. The number of hydrogen-bond donors (Lipinski definition) is 2. The summed E-state index contributed by atoms with van der Waals surface area (Å²) in [6.07, 6.45) is 4.23. The number of carbonyl (C=O) groups excluding carboxylic acids is 1. The number of nitrogens with two attached hydrogens (primary N) is 1. The van der Waals surface area contributed by atoms with Crippen molar-refractivity contribution in [3.05, 3.63) is 29.6 Å². The molecule has 0 spiro atoms. The van der Waals surface area contributed by atoms with Gasteiger partial charge in [0.05, 0.1) is 29.2 Å². The maximum absolute atomic E-state index is 12.3. The highest BCUT2D eigenvalue weighted by molar-refractivity contribution is 7.91. The van der Waals surface area contributed by atoms with E-state index in [1.54, 1.807) is 6.07 Å². The molecule has 0 radical (unpaired) electrons. The largest absolute Gasteiger partial charge is 0.348 e. The summed E-state index contributed by atoms with van der Waals surface area (Å²) < 4.78 is 23.2. The zero-order valence-corrected chi connectivity index (χ0v) is 12.3. The molecule has 7 heteroatoms. The molecule has 2 heterocycles. The quantitative estimate of drug-likeness (QED) is 0.730. The fraction of sp³-hybridized carbons (Fsp3) is 0.429. The van der Waals surface area contributed by atoms with Crippen molar-refractivity contribution in [3.8, 4) is 11.8 Å².